The van der Waals surface area contributed by atoms with Crippen molar-refractivity contribution >= 4 is 41.5 Å². The molecule has 0 spiro atoms. The van der Waals surface area contributed by atoms with Crippen LogP contribution in [0.5, 0.6) is 0 Å². The van der Waals surface area contributed by atoms with Crippen LogP contribution in [0.1, 0.15) is 41.9 Å². The second-order valence-electron chi connectivity index (χ2n) is 8.35. The van der Waals surface area contributed by atoms with E-state index >= 15 is 0 Å². The largest absolute Gasteiger partial charge is 0.356 e. The van der Waals surface area contributed by atoms with Crippen molar-refractivity contribution in [2.75, 3.05) is 38.1 Å². The molecular weight excluding hydrogens is 499 g/mol. The highest BCUT2D eigenvalue weighted by molar-refractivity contribution is 14.0. The molecule has 1 amide bonds. The second-order valence-corrected chi connectivity index (χ2v) is 8.35. The highest BCUT2D eigenvalue weighted by Crippen LogP contribution is 2.38. The number of anilines is 1. The molecule has 6 heteroatoms. The van der Waals surface area contributed by atoms with Crippen LogP contribution in [-0.4, -0.2) is 50.0 Å². The Morgan fingerprint density at radius 3 is 2.65 bits per heavy atom. The zero-order valence-electron chi connectivity index (χ0n) is 18.5. The van der Waals surface area contributed by atoms with Crippen molar-refractivity contribution in [2.24, 2.45) is 4.99 Å². The molecule has 1 N–H and O–H groups in total. The maximum atomic E-state index is 12.0. The molecular formula is C25H33IN4O. The predicted octanol–water partition coefficient (Wildman–Crippen LogP) is 4.35. The van der Waals surface area contributed by atoms with Crippen LogP contribution in [0.15, 0.2) is 53.5 Å². The molecule has 0 radical (unpaired) electrons. The lowest BCUT2D eigenvalue weighted by molar-refractivity contribution is -0.127. The molecule has 2 aliphatic heterocycles. The highest BCUT2D eigenvalue weighted by atomic mass is 127. The Kier molecular flexibility index (Phi) is 8.35. The third-order valence-corrected chi connectivity index (χ3v) is 6.27. The zero-order valence-corrected chi connectivity index (χ0v) is 20.8. The van der Waals surface area contributed by atoms with Gasteiger partial charge in [0.05, 0.1) is 0 Å². The number of hydrogen-bond donors (Lipinski definition) is 1. The fraction of sp³-hybridized carbons (Fsp3) is 0.440. The lowest BCUT2D eigenvalue weighted by atomic mass is 9.98. The summed E-state index contributed by atoms with van der Waals surface area (Å²) in [6, 6.07) is 17.3. The Morgan fingerprint density at radius 1 is 1.16 bits per heavy atom. The number of likely N-dealkylation sites (tertiary alicyclic amines) is 1. The topological polar surface area (TPSA) is 47.9 Å². The van der Waals surface area contributed by atoms with Gasteiger partial charge in [0.25, 0.3) is 0 Å². The van der Waals surface area contributed by atoms with Gasteiger partial charge >= 0.3 is 0 Å². The fourth-order valence-corrected chi connectivity index (χ4v) is 4.56. The SMILES string of the molecule is CN=C(NCCc1ccc(C)cc1)N1CC(CCN2CCCC2=O)c2ccccc21.I. The lowest BCUT2D eigenvalue weighted by Crippen LogP contribution is -2.42. The summed E-state index contributed by atoms with van der Waals surface area (Å²) in [7, 11) is 1.85. The summed E-state index contributed by atoms with van der Waals surface area (Å²) in [5.74, 6) is 1.66. The van der Waals surface area contributed by atoms with Crippen LogP contribution in [0.2, 0.25) is 0 Å². The van der Waals surface area contributed by atoms with Gasteiger partial charge in [0.15, 0.2) is 5.96 Å². The van der Waals surface area contributed by atoms with Gasteiger partial charge in [0.2, 0.25) is 5.91 Å². The van der Waals surface area contributed by atoms with E-state index in [-0.39, 0.29) is 24.0 Å². The van der Waals surface area contributed by atoms with Crippen LogP contribution < -0.4 is 10.2 Å². The van der Waals surface area contributed by atoms with Gasteiger partial charge in [-0.2, -0.15) is 0 Å². The lowest BCUT2D eigenvalue weighted by Gasteiger charge is -2.23. The molecule has 1 unspecified atom stereocenters. The van der Waals surface area contributed by atoms with E-state index in [1.165, 1.54) is 22.4 Å². The third-order valence-electron chi connectivity index (χ3n) is 6.27. The van der Waals surface area contributed by atoms with Gasteiger partial charge in [0.1, 0.15) is 0 Å². The number of halogens is 1. The van der Waals surface area contributed by atoms with Gasteiger partial charge in [-0.25, -0.2) is 0 Å². The van der Waals surface area contributed by atoms with Crippen LogP contribution in [0.3, 0.4) is 0 Å². The number of amides is 1. The Hall–Kier alpha value is -2.09. The van der Waals surface area contributed by atoms with Crippen molar-refractivity contribution in [3.05, 3.63) is 65.2 Å². The number of aryl methyl sites for hydroxylation is 1. The van der Waals surface area contributed by atoms with Crippen molar-refractivity contribution in [1.82, 2.24) is 10.2 Å². The van der Waals surface area contributed by atoms with E-state index < -0.39 is 0 Å². The van der Waals surface area contributed by atoms with Crippen molar-refractivity contribution in [3.63, 3.8) is 0 Å². The first-order valence-electron chi connectivity index (χ1n) is 11.1. The molecule has 2 aromatic carbocycles. The smallest absolute Gasteiger partial charge is 0.222 e. The molecule has 2 aliphatic rings. The zero-order chi connectivity index (χ0) is 20.9. The van der Waals surface area contributed by atoms with Crippen molar-refractivity contribution < 1.29 is 4.79 Å². The quantitative estimate of drug-likeness (QED) is 0.342. The minimum absolute atomic E-state index is 0. The number of hydrogen-bond acceptors (Lipinski definition) is 2. The van der Waals surface area contributed by atoms with Crippen molar-refractivity contribution in [2.45, 2.75) is 38.5 Å². The summed E-state index contributed by atoms with van der Waals surface area (Å²) in [6.45, 7) is 5.64. The molecule has 0 aromatic heterocycles. The number of nitrogens with zero attached hydrogens (tertiary/aromatic N) is 3. The fourth-order valence-electron chi connectivity index (χ4n) is 4.56. The molecule has 4 rings (SSSR count). The van der Waals surface area contributed by atoms with E-state index in [2.05, 4.69) is 70.7 Å². The summed E-state index contributed by atoms with van der Waals surface area (Å²) in [6.07, 6.45) is 3.68. The minimum Gasteiger partial charge on any atom is -0.356 e. The Bertz CT molecular complexity index is 912. The molecule has 31 heavy (non-hydrogen) atoms. The first-order valence-corrected chi connectivity index (χ1v) is 11.1. The van der Waals surface area contributed by atoms with Gasteiger partial charge in [-0.15, -0.1) is 24.0 Å². The molecule has 1 saturated heterocycles. The first-order chi connectivity index (χ1) is 14.7. The molecule has 0 saturated carbocycles. The number of carbonyl (C=O) groups excluding carboxylic acids is 1. The van der Waals surface area contributed by atoms with E-state index in [0.717, 1.165) is 51.4 Å². The molecule has 1 fully saturated rings. The predicted molar refractivity (Wildman–Crippen MR) is 139 cm³/mol. The van der Waals surface area contributed by atoms with Gasteiger partial charge < -0.3 is 15.1 Å². The van der Waals surface area contributed by atoms with Crippen LogP contribution in [0.4, 0.5) is 5.69 Å². The highest BCUT2D eigenvalue weighted by Gasteiger charge is 2.31. The molecule has 1 atom stereocenters. The van der Waals surface area contributed by atoms with Gasteiger partial charge in [-0.05, 0) is 43.4 Å². The number of aliphatic imine (C=N–C) groups is 1. The molecule has 0 aliphatic carbocycles. The van der Waals surface area contributed by atoms with Gasteiger partial charge in [-0.1, -0.05) is 48.0 Å². The third kappa shape index (κ3) is 5.59. The maximum Gasteiger partial charge on any atom is 0.222 e. The molecule has 2 aromatic rings. The summed E-state index contributed by atoms with van der Waals surface area (Å²) in [4.78, 5) is 20.9. The summed E-state index contributed by atoms with van der Waals surface area (Å²) >= 11 is 0. The normalized spacial score (nSPS) is 18.2. The van der Waals surface area contributed by atoms with E-state index in [1.54, 1.807) is 0 Å². The average molecular weight is 532 g/mol. The molecule has 2 heterocycles. The number of para-hydroxylation sites is 1. The minimum atomic E-state index is 0. The number of benzene rings is 2. The average Bonchev–Trinajstić information content (AvgIpc) is 3.34. The number of carbonyl (C=O) groups is 1. The first kappa shape index (κ1) is 23.6. The Labute approximate surface area is 202 Å². The second kappa shape index (κ2) is 11.0. The number of nitrogens with one attached hydrogen (secondary N) is 1. The molecule has 166 valence electrons. The number of fused-ring (bicyclic) bond motifs is 1. The van der Waals surface area contributed by atoms with Crippen LogP contribution in [-0.2, 0) is 11.2 Å². The Balaban J connectivity index is 0.00000272. The van der Waals surface area contributed by atoms with E-state index in [1.807, 2.05) is 11.9 Å². The monoisotopic (exact) mass is 532 g/mol. The summed E-state index contributed by atoms with van der Waals surface area (Å²) in [5.41, 5.74) is 5.22. The summed E-state index contributed by atoms with van der Waals surface area (Å²) < 4.78 is 0. The van der Waals surface area contributed by atoms with Crippen LogP contribution >= 0.6 is 24.0 Å². The van der Waals surface area contributed by atoms with Gasteiger partial charge in [-0.3, -0.25) is 9.79 Å². The number of guanidine groups is 1. The van der Waals surface area contributed by atoms with E-state index in [0.29, 0.717) is 18.2 Å². The summed E-state index contributed by atoms with van der Waals surface area (Å²) in [5, 5.41) is 3.55. The molecule has 0 bridgehead atoms. The van der Waals surface area contributed by atoms with E-state index in [9.17, 15) is 4.79 Å². The standard InChI is InChI=1S/C25H32N4O.HI/c1-19-9-11-20(12-10-19)13-15-27-25(26-2)29-18-21(22-6-3-4-7-23(22)29)14-17-28-16-5-8-24(28)30;/h3-4,6-7,9-12,21H,5,8,13-18H2,1-2H3,(H,26,27);1H. The van der Waals surface area contributed by atoms with Crippen molar-refractivity contribution in [3.8, 4) is 0 Å². The van der Waals surface area contributed by atoms with Crippen molar-refractivity contribution in [1.29, 1.82) is 0 Å². The van der Waals surface area contributed by atoms with E-state index in [4.69, 9.17) is 0 Å². The molecule has 5 nitrogen and oxygen atoms in total. The van der Waals surface area contributed by atoms with Crippen LogP contribution in [0.25, 0.3) is 0 Å². The number of rotatable bonds is 6. The maximum absolute atomic E-state index is 12.0. The van der Waals surface area contributed by atoms with Crippen LogP contribution in [0, 0.1) is 6.92 Å². The Morgan fingerprint density at radius 2 is 1.94 bits per heavy atom. The van der Waals surface area contributed by atoms with Gasteiger partial charge in [0, 0.05) is 51.3 Å².